The van der Waals surface area contributed by atoms with Crippen molar-refractivity contribution in [3.05, 3.63) is 21.2 Å². The Morgan fingerprint density at radius 2 is 2.00 bits per heavy atom. The number of rotatable bonds is 0. The van der Waals surface area contributed by atoms with Crippen molar-refractivity contribution in [2.75, 3.05) is 0 Å². The van der Waals surface area contributed by atoms with E-state index >= 15 is 0 Å². The van der Waals surface area contributed by atoms with Crippen LogP contribution in [0, 0.1) is 16.3 Å². The molecule has 0 radical (unpaired) electrons. The van der Waals surface area contributed by atoms with Gasteiger partial charge in [-0.2, -0.15) is 0 Å². The van der Waals surface area contributed by atoms with Crippen molar-refractivity contribution >= 4 is 35.5 Å². The smallest absolute Gasteiger partial charge is 0.177 e. The van der Waals surface area contributed by atoms with Crippen LogP contribution in [0.5, 0.6) is 0 Å². The van der Waals surface area contributed by atoms with Crippen molar-refractivity contribution in [1.29, 1.82) is 0 Å². The van der Waals surface area contributed by atoms with Gasteiger partial charge in [-0.1, -0.05) is 12.2 Å². The first-order valence-electron chi connectivity index (χ1n) is 3.49. The molecule has 2 aromatic rings. The van der Waals surface area contributed by atoms with Crippen LogP contribution in [0.3, 0.4) is 0 Å². The van der Waals surface area contributed by atoms with Crippen molar-refractivity contribution in [3.63, 3.8) is 0 Å². The fourth-order valence-electron chi connectivity index (χ4n) is 1.22. The number of fused-ring (bicyclic) bond motifs is 1. The van der Waals surface area contributed by atoms with Crippen molar-refractivity contribution in [3.8, 4) is 0 Å². The normalized spacial score (nSPS) is 10.8. The molecule has 0 bridgehead atoms. The summed E-state index contributed by atoms with van der Waals surface area (Å²) in [6.07, 6.45) is 1.90. The first kappa shape index (κ1) is 7.70. The first-order valence-corrected chi connectivity index (χ1v) is 4.30. The highest BCUT2D eigenvalue weighted by molar-refractivity contribution is 7.72. The molecule has 0 amide bonds. The van der Waals surface area contributed by atoms with E-state index in [-0.39, 0.29) is 0 Å². The van der Waals surface area contributed by atoms with Gasteiger partial charge < -0.3 is 15.0 Å². The minimum Gasteiger partial charge on any atom is -0.347 e. The van der Waals surface area contributed by atoms with E-state index in [1.807, 2.05) is 13.1 Å². The quantitative estimate of drug-likeness (QED) is 0.568. The fraction of sp³-hybridized carbons (Fsp3) is 0.143. The molecule has 62 valence electrons. The van der Waals surface area contributed by atoms with Gasteiger partial charge in [-0.05, 0) is 24.7 Å². The van der Waals surface area contributed by atoms with Crippen LogP contribution in [0.25, 0.3) is 11.0 Å². The summed E-state index contributed by atoms with van der Waals surface area (Å²) in [6.45, 7) is 2.00. The van der Waals surface area contributed by atoms with Crippen LogP contribution in [0.4, 0.5) is 0 Å². The summed E-state index contributed by atoms with van der Waals surface area (Å²) in [7, 11) is 0. The molecule has 3 N–H and O–H groups in total. The van der Waals surface area contributed by atoms with Gasteiger partial charge in [0.25, 0.3) is 0 Å². The number of aromatic amines is 3. The number of nitrogens with one attached hydrogen (secondary N) is 3. The van der Waals surface area contributed by atoms with E-state index in [0.29, 0.717) is 9.41 Å². The molecule has 2 aromatic heterocycles. The molecule has 3 nitrogen and oxygen atoms in total. The van der Waals surface area contributed by atoms with E-state index in [9.17, 15) is 0 Å². The lowest BCUT2D eigenvalue weighted by atomic mass is 10.3. The number of hydrogen-bond donors (Lipinski definition) is 3. The summed E-state index contributed by atoms with van der Waals surface area (Å²) in [5.74, 6) is 0. The Bertz CT molecular complexity index is 531. The molecule has 0 atom stereocenters. The third-order valence-electron chi connectivity index (χ3n) is 1.77. The Labute approximate surface area is 78.8 Å². The number of aromatic nitrogens is 3. The van der Waals surface area contributed by atoms with Crippen molar-refractivity contribution in [1.82, 2.24) is 15.0 Å². The number of aryl methyl sites for hydroxylation is 1. The Morgan fingerprint density at radius 3 is 2.75 bits per heavy atom. The monoisotopic (exact) mass is 197 g/mol. The van der Waals surface area contributed by atoms with Crippen LogP contribution in [0.2, 0.25) is 0 Å². The van der Waals surface area contributed by atoms with Gasteiger partial charge in [-0.3, -0.25) is 0 Å². The van der Waals surface area contributed by atoms with Crippen LogP contribution in [-0.4, -0.2) is 15.0 Å². The highest BCUT2D eigenvalue weighted by Crippen LogP contribution is 2.14. The van der Waals surface area contributed by atoms with Gasteiger partial charge in [-0.25, -0.2) is 0 Å². The minimum atomic E-state index is 0.550. The maximum Gasteiger partial charge on any atom is 0.177 e. The molecule has 0 aliphatic carbocycles. The zero-order valence-electron chi connectivity index (χ0n) is 6.39. The molecule has 0 unspecified atom stereocenters. The van der Waals surface area contributed by atoms with Crippen molar-refractivity contribution in [2.45, 2.75) is 6.92 Å². The van der Waals surface area contributed by atoms with Crippen LogP contribution < -0.4 is 0 Å². The summed E-state index contributed by atoms with van der Waals surface area (Å²) in [5.41, 5.74) is 2.01. The second-order valence-corrected chi connectivity index (χ2v) is 3.45. The molecule has 0 saturated carbocycles. The third-order valence-corrected chi connectivity index (χ3v) is 2.28. The maximum absolute atomic E-state index is 5.12. The Hall–Kier alpha value is -0.940. The highest BCUT2D eigenvalue weighted by Gasteiger charge is 2.00. The summed E-state index contributed by atoms with van der Waals surface area (Å²) in [5, 5.41) is 1.01. The van der Waals surface area contributed by atoms with Crippen LogP contribution in [-0.2, 0) is 0 Å². The van der Waals surface area contributed by atoms with Gasteiger partial charge in [-0.15, -0.1) is 0 Å². The van der Waals surface area contributed by atoms with E-state index in [1.165, 1.54) is 0 Å². The number of hydrogen-bond acceptors (Lipinski definition) is 2. The molecule has 5 heteroatoms. The Balaban J connectivity index is 3.13. The molecule has 0 saturated heterocycles. The summed E-state index contributed by atoms with van der Waals surface area (Å²) < 4.78 is 1.24. The molecule has 12 heavy (non-hydrogen) atoms. The molecule has 0 aliphatic heterocycles. The summed E-state index contributed by atoms with van der Waals surface area (Å²) in [6, 6.07) is 0. The third kappa shape index (κ3) is 1.02. The van der Waals surface area contributed by atoms with Gasteiger partial charge in [0.15, 0.2) is 4.77 Å². The number of H-pyrrole nitrogens is 3. The first-order chi connectivity index (χ1) is 5.68. The van der Waals surface area contributed by atoms with Gasteiger partial charge in [0.1, 0.15) is 10.3 Å². The predicted molar refractivity (Wildman–Crippen MR) is 53.4 cm³/mol. The van der Waals surface area contributed by atoms with E-state index < -0.39 is 0 Å². The molecule has 0 aliphatic rings. The molecule has 0 fully saturated rings. The molecular formula is C7H7N3S2. The van der Waals surface area contributed by atoms with E-state index in [2.05, 4.69) is 15.0 Å². The zero-order chi connectivity index (χ0) is 8.72. The predicted octanol–water partition coefficient (Wildman–Crippen LogP) is 2.59. The standard InChI is InChI=1S/C7H7N3S2/c1-3-2-8-5-4(3)6(11)10-7(12)9-5/h2H,1H3,(H3,8,9,10,11,12). The minimum absolute atomic E-state index is 0.550. The van der Waals surface area contributed by atoms with Crippen molar-refractivity contribution in [2.24, 2.45) is 0 Å². The largest absolute Gasteiger partial charge is 0.347 e. The molecule has 0 spiro atoms. The fourth-order valence-corrected chi connectivity index (χ4v) is 1.86. The lowest BCUT2D eigenvalue weighted by molar-refractivity contribution is 1.15. The Morgan fingerprint density at radius 1 is 1.25 bits per heavy atom. The van der Waals surface area contributed by atoms with E-state index in [4.69, 9.17) is 24.4 Å². The lowest BCUT2D eigenvalue weighted by Crippen LogP contribution is -1.83. The molecular weight excluding hydrogens is 190 g/mol. The maximum atomic E-state index is 5.12. The van der Waals surface area contributed by atoms with Gasteiger partial charge in [0.05, 0.1) is 5.39 Å². The average molecular weight is 197 g/mol. The topological polar surface area (TPSA) is 47.4 Å². The summed E-state index contributed by atoms with van der Waals surface area (Å²) >= 11 is 10.1. The van der Waals surface area contributed by atoms with E-state index in [1.54, 1.807) is 0 Å². The van der Waals surface area contributed by atoms with Crippen LogP contribution in [0.1, 0.15) is 5.56 Å². The van der Waals surface area contributed by atoms with Gasteiger partial charge >= 0.3 is 0 Å². The molecule has 2 heterocycles. The molecule has 0 aromatic carbocycles. The summed E-state index contributed by atoms with van der Waals surface area (Å²) in [4.78, 5) is 8.94. The Kier molecular flexibility index (Phi) is 1.62. The van der Waals surface area contributed by atoms with Crippen molar-refractivity contribution < 1.29 is 0 Å². The second-order valence-electron chi connectivity index (χ2n) is 2.63. The zero-order valence-corrected chi connectivity index (χ0v) is 8.03. The second kappa shape index (κ2) is 2.53. The van der Waals surface area contributed by atoms with Gasteiger partial charge in [0, 0.05) is 6.20 Å². The molecule has 2 rings (SSSR count). The lowest BCUT2D eigenvalue weighted by Gasteiger charge is -1.91. The van der Waals surface area contributed by atoms with E-state index in [0.717, 1.165) is 16.6 Å². The van der Waals surface area contributed by atoms with Gasteiger partial charge in [0.2, 0.25) is 0 Å². The SMILES string of the molecule is Cc1c[nH]c2[nH]c(=S)[nH]c(=S)c12. The average Bonchev–Trinajstić information content (AvgIpc) is 2.31. The highest BCUT2D eigenvalue weighted by atomic mass is 32.1. The van der Waals surface area contributed by atoms with Crippen LogP contribution in [0.15, 0.2) is 6.20 Å². The van der Waals surface area contributed by atoms with Crippen LogP contribution >= 0.6 is 24.4 Å².